The minimum Gasteiger partial charge on any atom is -0.355 e. The summed E-state index contributed by atoms with van der Waals surface area (Å²) in [5, 5.41) is 5.26. The van der Waals surface area contributed by atoms with Crippen LogP contribution in [0.3, 0.4) is 0 Å². The molecule has 0 saturated carbocycles. The molecule has 0 saturated heterocycles. The summed E-state index contributed by atoms with van der Waals surface area (Å²) in [5.74, 6) is -0.277. The zero-order valence-corrected chi connectivity index (χ0v) is 19.0. The molecular weight excluding hydrogens is 430 g/mol. The maximum Gasteiger partial charge on any atom is 0.256 e. The van der Waals surface area contributed by atoms with Crippen LogP contribution in [0.5, 0.6) is 0 Å². The van der Waals surface area contributed by atoms with Gasteiger partial charge in [0.2, 0.25) is 5.43 Å². The van der Waals surface area contributed by atoms with Gasteiger partial charge in [-0.15, -0.1) is 0 Å². The van der Waals surface area contributed by atoms with Crippen LogP contribution in [0.4, 0.5) is 0 Å². The van der Waals surface area contributed by atoms with E-state index in [1.165, 1.54) is 25.0 Å². The highest BCUT2D eigenvalue weighted by atomic mass is 16.2. The van der Waals surface area contributed by atoms with Crippen molar-refractivity contribution in [1.29, 1.82) is 0 Å². The SMILES string of the molecule is CNC(=O)c1cn(CCCc2ccccc2)cc(C(=O)NCCc2nc3ccccc3[nH]2)c1=O. The Bertz CT molecular complexity index is 1320. The Kier molecular flexibility index (Phi) is 7.17. The van der Waals surface area contributed by atoms with Crippen molar-refractivity contribution in [2.24, 2.45) is 0 Å². The number of benzene rings is 2. The molecule has 8 nitrogen and oxygen atoms in total. The molecule has 4 rings (SSSR count). The van der Waals surface area contributed by atoms with Crippen molar-refractivity contribution in [2.75, 3.05) is 13.6 Å². The van der Waals surface area contributed by atoms with Gasteiger partial charge in [-0.3, -0.25) is 14.4 Å². The number of aryl methyl sites for hydroxylation is 2. The third-order valence-electron chi connectivity index (χ3n) is 5.61. The Morgan fingerprint density at radius 2 is 1.65 bits per heavy atom. The van der Waals surface area contributed by atoms with E-state index >= 15 is 0 Å². The Labute approximate surface area is 197 Å². The standard InChI is InChI=1S/C26H27N5O3/c1-27-25(33)19-16-31(15-7-10-18-8-3-2-4-9-18)17-20(24(19)32)26(34)28-14-13-23-29-21-11-5-6-12-22(21)30-23/h2-6,8-9,11-12,16-17H,7,10,13-15H2,1H3,(H,27,33)(H,28,34)(H,29,30). The third kappa shape index (κ3) is 5.40. The summed E-state index contributed by atoms with van der Waals surface area (Å²) in [6.07, 6.45) is 5.17. The van der Waals surface area contributed by atoms with Crippen LogP contribution in [0.15, 0.2) is 71.8 Å². The Morgan fingerprint density at radius 1 is 0.941 bits per heavy atom. The minimum absolute atomic E-state index is 0.0489. The molecule has 2 aromatic carbocycles. The van der Waals surface area contributed by atoms with E-state index in [0.717, 1.165) is 29.7 Å². The number of amides is 2. The maximum absolute atomic E-state index is 12.9. The molecule has 174 valence electrons. The third-order valence-corrected chi connectivity index (χ3v) is 5.61. The average molecular weight is 458 g/mol. The molecule has 0 spiro atoms. The molecule has 0 aliphatic carbocycles. The maximum atomic E-state index is 12.9. The first-order valence-corrected chi connectivity index (χ1v) is 11.3. The second-order valence-corrected chi connectivity index (χ2v) is 8.03. The van der Waals surface area contributed by atoms with E-state index in [-0.39, 0.29) is 11.1 Å². The zero-order chi connectivity index (χ0) is 23.9. The average Bonchev–Trinajstić information content (AvgIpc) is 3.27. The van der Waals surface area contributed by atoms with Gasteiger partial charge < -0.3 is 20.2 Å². The molecule has 2 heterocycles. The molecular formula is C26H27N5O3. The molecule has 0 aliphatic heterocycles. The minimum atomic E-state index is -0.583. The number of hydrogen-bond acceptors (Lipinski definition) is 4. The van der Waals surface area contributed by atoms with Gasteiger partial charge in [-0.2, -0.15) is 0 Å². The predicted molar refractivity (Wildman–Crippen MR) is 131 cm³/mol. The van der Waals surface area contributed by atoms with E-state index < -0.39 is 17.2 Å². The van der Waals surface area contributed by atoms with Crippen molar-refractivity contribution >= 4 is 22.8 Å². The summed E-state index contributed by atoms with van der Waals surface area (Å²) in [4.78, 5) is 45.7. The molecule has 0 unspecified atom stereocenters. The fraction of sp³-hybridized carbons (Fsp3) is 0.231. The summed E-state index contributed by atoms with van der Waals surface area (Å²) in [5.41, 5.74) is 2.32. The van der Waals surface area contributed by atoms with Crippen LogP contribution < -0.4 is 16.1 Å². The van der Waals surface area contributed by atoms with E-state index in [1.807, 2.05) is 42.5 Å². The molecule has 2 aromatic heterocycles. The van der Waals surface area contributed by atoms with Crippen LogP contribution >= 0.6 is 0 Å². The Morgan fingerprint density at radius 3 is 2.38 bits per heavy atom. The van der Waals surface area contributed by atoms with Gasteiger partial charge in [0.25, 0.3) is 11.8 Å². The van der Waals surface area contributed by atoms with Gasteiger partial charge in [0.15, 0.2) is 0 Å². The second kappa shape index (κ2) is 10.6. The first-order valence-electron chi connectivity index (χ1n) is 11.3. The Balaban J connectivity index is 1.45. The first kappa shape index (κ1) is 23.0. The van der Waals surface area contributed by atoms with Gasteiger partial charge in [0.05, 0.1) is 11.0 Å². The number of hydrogen-bond donors (Lipinski definition) is 3. The lowest BCUT2D eigenvalue weighted by Gasteiger charge is -2.12. The summed E-state index contributed by atoms with van der Waals surface area (Å²) in [6.45, 7) is 0.870. The fourth-order valence-electron chi connectivity index (χ4n) is 3.84. The smallest absolute Gasteiger partial charge is 0.256 e. The molecule has 3 N–H and O–H groups in total. The highest BCUT2D eigenvalue weighted by Crippen LogP contribution is 2.10. The van der Waals surface area contributed by atoms with Crippen molar-refractivity contribution in [1.82, 2.24) is 25.2 Å². The van der Waals surface area contributed by atoms with Crippen LogP contribution in [0.2, 0.25) is 0 Å². The van der Waals surface area contributed by atoms with E-state index in [1.54, 1.807) is 4.57 Å². The van der Waals surface area contributed by atoms with E-state index in [9.17, 15) is 14.4 Å². The van der Waals surface area contributed by atoms with Crippen molar-refractivity contribution in [3.05, 3.63) is 99.7 Å². The molecule has 2 amide bonds. The zero-order valence-electron chi connectivity index (χ0n) is 19.0. The molecule has 8 heteroatoms. The number of nitrogens with zero attached hydrogens (tertiary/aromatic N) is 2. The quantitative estimate of drug-likeness (QED) is 0.359. The van der Waals surface area contributed by atoms with Crippen LogP contribution in [-0.2, 0) is 19.4 Å². The molecule has 0 bridgehead atoms. The van der Waals surface area contributed by atoms with Gasteiger partial charge in [0, 0.05) is 39.0 Å². The summed E-state index contributed by atoms with van der Waals surface area (Å²) < 4.78 is 1.74. The largest absolute Gasteiger partial charge is 0.355 e. The van der Waals surface area contributed by atoms with Crippen LogP contribution in [-0.4, -0.2) is 39.9 Å². The topological polar surface area (TPSA) is 109 Å². The fourth-order valence-corrected chi connectivity index (χ4v) is 3.84. The van der Waals surface area contributed by atoms with E-state index in [0.29, 0.717) is 19.5 Å². The number of nitrogens with one attached hydrogen (secondary N) is 3. The summed E-state index contributed by atoms with van der Waals surface area (Å²) in [7, 11) is 1.46. The van der Waals surface area contributed by atoms with Crippen molar-refractivity contribution in [2.45, 2.75) is 25.8 Å². The molecule has 0 aliphatic rings. The van der Waals surface area contributed by atoms with Crippen molar-refractivity contribution in [3.8, 4) is 0 Å². The van der Waals surface area contributed by atoms with Crippen molar-refractivity contribution in [3.63, 3.8) is 0 Å². The number of imidazole rings is 1. The van der Waals surface area contributed by atoms with E-state index in [2.05, 4.69) is 32.7 Å². The normalized spacial score (nSPS) is 10.9. The van der Waals surface area contributed by atoms with Crippen LogP contribution in [0.25, 0.3) is 11.0 Å². The number of aromatic nitrogens is 3. The number of fused-ring (bicyclic) bond motifs is 1. The van der Waals surface area contributed by atoms with Crippen LogP contribution in [0, 0.1) is 0 Å². The number of para-hydroxylation sites is 2. The first-order chi connectivity index (χ1) is 16.5. The number of H-pyrrole nitrogens is 1. The highest BCUT2D eigenvalue weighted by molar-refractivity contribution is 5.99. The van der Waals surface area contributed by atoms with Gasteiger partial charge in [-0.1, -0.05) is 42.5 Å². The van der Waals surface area contributed by atoms with Crippen LogP contribution in [0.1, 0.15) is 38.5 Å². The lowest BCUT2D eigenvalue weighted by atomic mass is 10.1. The molecule has 0 radical (unpaired) electrons. The molecule has 0 fully saturated rings. The molecule has 0 atom stereocenters. The second-order valence-electron chi connectivity index (χ2n) is 8.03. The number of carbonyl (C=O) groups is 2. The van der Waals surface area contributed by atoms with Gasteiger partial charge in [0.1, 0.15) is 17.0 Å². The van der Waals surface area contributed by atoms with Gasteiger partial charge in [-0.25, -0.2) is 4.98 Å². The van der Waals surface area contributed by atoms with Gasteiger partial charge in [-0.05, 0) is 30.5 Å². The van der Waals surface area contributed by atoms with Gasteiger partial charge >= 0.3 is 0 Å². The number of aromatic amines is 1. The lowest BCUT2D eigenvalue weighted by molar-refractivity contribution is 0.0952. The summed E-state index contributed by atoms with van der Waals surface area (Å²) in [6, 6.07) is 17.8. The number of pyridine rings is 1. The lowest BCUT2D eigenvalue weighted by Crippen LogP contribution is -2.35. The van der Waals surface area contributed by atoms with Crippen molar-refractivity contribution < 1.29 is 9.59 Å². The summed E-state index contributed by atoms with van der Waals surface area (Å²) >= 11 is 0. The van der Waals surface area contributed by atoms with E-state index in [4.69, 9.17) is 0 Å². The monoisotopic (exact) mass is 457 g/mol. The predicted octanol–water partition coefficient (Wildman–Crippen LogP) is 2.69. The number of carbonyl (C=O) groups excluding carboxylic acids is 2. The Hall–Kier alpha value is -4.20. The number of rotatable bonds is 9. The molecule has 34 heavy (non-hydrogen) atoms. The highest BCUT2D eigenvalue weighted by Gasteiger charge is 2.18. The molecule has 4 aromatic rings.